The zero-order valence-corrected chi connectivity index (χ0v) is 25.8. The summed E-state index contributed by atoms with van der Waals surface area (Å²) < 4.78 is 40.7. The molecule has 0 aliphatic carbocycles. The lowest BCUT2D eigenvalue weighted by Gasteiger charge is -2.34. The number of benzene rings is 3. The van der Waals surface area contributed by atoms with Crippen molar-refractivity contribution in [1.82, 2.24) is 14.8 Å². The fourth-order valence-electron chi connectivity index (χ4n) is 4.88. The van der Waals surface area contributed by atoms with Crippen molar-refractivity contribution in [3.8, 4) is 23.1 Å². The summed E-state index contributed by atoms with van der Waals surface area (Å²) in [5.41, 5.74) is 4.90. The number of ether oxygens (including phenoxy) is 3. The van der Waals surface area contributed by atoms with E-state index < -0.39 is 6.61 Å². The van der Waals surface area contributed by atoms with Crippen molar-refractivity contribution in [1.29, 1.82) is 0 Å². The molecule has 4 aromatic rings. The van der Waals surface area contributed by atoms with Crippen LogP contribution in [0.3, 0.4) is 0 Å². The van der Waals surface area contributed by atoms with E-state index >= 15 is 0 Å². The summed E-state index contributed by atoms with van der Waals surface area (Å²) >= 11 is 6.56. The van der Waals surface area contributed by atoms with Crippen molar-refractivity contribution in [3.05, 3.63) is 118 Å². The molecule has 234 valence electrons. The number of aromatic nitrogens is 1. The first kappa shape index (κ1) is 31.9. The Morgan fingerprint density at radius 3 is 2.27 bits per heavy atom. The minimum atomic E-state index is -2.87. The van der Waals surface area contributed by atoms with E-state index in [-0.39, 0.29) is 18.3 Å². The first-order valence-corrected chi connectivity index (χ1v) is 14.9. The van der Waals surface area contributed by atoms with Gasteiger partial charge >= 0.3 is 6.61 Å². The van der Waals surface area contributed by atoms with Gasteiger partial charge in [0.05, 0.1) is 11.2 Å². The molecule has 7 nitrogen and oxygen atoms in total. The van der Waals surface area contributed by atoms with E-state index in [1.165, 1.54) is 29.5 Å². The van der Waals surface area contributed by atoms with Crippen molar-refractivity contribution < 1.29 is 27.8 Å². The summed E-state index contributed by atoms with van der Waals surface area (Å²) in [5.74, 6) is 1.37. The molecule has 0 saturated carbocycles. The third-order valence-corrected chi connectivity index (χ3v) is 7.63. The first-order valence-electron chi connectivity index (χ1n) is 14.6. The number of alkyl halides is 2. The zero-order chi connectivity index (χ0) is 31.8. The average Bonchev–Trinajstić information content (AvgIpc) is 3.03. The van der Waals surface area contributed by atoms with Crippen molar-refractivity contribution in [2.45, 2.75) is 33.6 Å². The van der Waals surface area contributed by atoms with Crippen LogP contribution in [0.25, 0.3) is 6.08 Å². The van der Waals surface area contributed by atoms with E-state index in [1.54, 1.807) is 42.5 Å². The molecule has 45 heavy (non-hydrogen) atoms. The van der Waals surface area contributed by atoms with Crippen LogP contribution in [0.15, 0.2) is 85.1 Å². The van der Waals surface area contributed by atoms with Gasteiger partial charge in [-0.05, 0) is 72.5 Å². The highest BCUT2D eigenvalue weighted by molar-refractivity contribution is 6.32. The first-order chi connectivity index (χ1) is 21.7. The van der Waals surface area contributed by atoms with Gasteiger partial charge in [0.25, 0.3) is 0 Å². The predicted molar refractivity (Wildman–Crippen MR) is 170 cm³/mol. The monoisotopic (exact) mass is 633 g/mol. The van der Waals surface area contributed by atoms with Gasteiger partial charge in [-0.25, -0.2) is 4.98 Å². The number of aryl methyl sites for hydroxylation is 2. The molecule has 5 rings (SSSR count). The maximum Gasteiger partial charge on any atom is 0.387 e. The lowest BCUT2D eigenvalue weighted by molar-refractivity contribution is -0.127. The number of piperazine rings is 1. The molecule has 1 aliphatic heterocycles. The van der Waals surface area contributed by atoms with Gasteiger partial charge in [-0.15, -0.1) is 0 Å². The molecule has 1 amide bonds. The second-order valence-corrected chi connectivity index (χ2v) is 11.2. The maximum atomic E-state index is 12.9. The van der Waals surface area contributed by atoms with E-state index in [4.69, 9.17) is 21.1 Å². The predicted octanol–water partition coefficient (Wildman–Crippen LogP) is 7.68. The second kappa shape index (κ2) is 15.0. The number of carbonyl (C=O) groups is 1. The number of hydrogen-bond donors (Lipinski definition) is 0. The van der Waals surface area contributed by atoms with E-state index in [0.29, 0.717) is 35.5 Å². The molecule has 2 heterocycles. The summed E-state index contributed by atoms with van der Waals surface area (Å²) in [5, 5.41) is 0.396. The molecular formula is C35H34ClF2N3O4. The van der Waals surface area contributed by atoms with Gasteiger partial charge in [0, 0.05) is 44.9 Å². The van der Waals surface area contributed by atoms with E-state index in [9.17, 15) is 13.6 Å². The Bertz CT molecular complexity index is 1580. The smallest absolute Gasteiger partial charge is 0.387 e. The summed E-state index contributed by atoms with van der Waals surface area (Å²) in [6.45, 7) is 5.25. The van der Waals surface area contributed by atoms with Crippen molar-refractivity contribution in [2.24, 2.45) is 0 Å². The van der Waals surface area contributed by atoms with Gasteiger partial charge in [-0.3, -0.25) is 9.69 Å². The molecular weight excluding hydrogens is 600 g/mol. The lowest BCUT2D eigenvalue weighted by atomic mass is 10.1. The molecule has 3 aromatic carbocycles. The molecule has 0 spiro atoms. The highest BCUT2D eigenvalue weighted by Crippen LogP contribution is 2.34. The topological polar surface area (TPSA) is 64.1 Å². The number of nitrogens with zero attached hydrogens (tertiary/aromatic N) is 3. The van der Waals surface area contributed by atoms with Crippen LogP contribution < -0.4 is 14.2 Å². The number of carbonyl (C=O) groups excluding carboxylic acids is 1. The summed E-state index contributed by atoms with van der Waals surface area (Å²) in [7, 11) is 0. The number of amides is 1. The number of hydrogen-bond acceptors (Lipinski definition) is 6. The summed E-state index contributed by atoms with van der Waals surface area (Å²) in [6, 6.07) is 21.8. The Kier molecular flexibility index (Phi) is 10.7. The Morgan fingerprint density at radius 2 is 1.62 bits per heavy atom. The van der Waals surface area contributed by atoms with Gasteiger partial charge < -0.3 is 19.1 Å². The Hall–Kier alpha value is -4.47. The quantitative estimate of drug-likeness (QED) is 0.158. The molecule has 0 radical (unpaired) electrons. The fraction of sp³-hybridized carbons (Fsp3) is 0.257. The molecule has 0 unspecified atom stereocenters. The van der Waals surface area contributed by atoms with Crippen molar-refractivity contribution in [3.63, 3.8) is 0 Å². The molecule has 1 fully saturated rings. The normalized spacial score (nSPS) is 13.8. The van der Waals surface area contributed by atoms with Crippen molar-refractivity contribution >= 4 is 23.6 Å². The Balaban J connectivity index is 1.10. The molecule has 1 aliphatic rings. The van der Waals surface area contributed by atoms with Crippen LogP contribution in [0.1, 0.15) is 27.8 Å². The van der Waals surface area contributed by atoms with E-state index in [2.05, 4.69) is 45.8 Å². The van der Waals surface area contributed by atoms with E-state index in [1.807, 2.05) is 17.9 Å². The van der Waals surface area contributed by atoms with Crippen LogP contribution in [0.2, 0.25) is 5.02 Å². The van der Waals surface area contributed by atoms with Crippen LogP contribution in [0.5, 0.6) is 23.1 Å². The third kappa shape index (κ3) is 9.26. The SMILES string of the molecule is Cc1ccc(CN2CCN(C(=O)C=Cc3cc(C)c(Oc4ccc(OCc5ccc(OC(F)F)cc5)cn4)c(Cl)c3)CC2)cc1. The van der Waals surface area contributed by atoms with Gasteiger partial charge in [0.2, 0.25) is 11.8 Å². The largest absolute Gasteiger partial charge is 0.487 e. The molecule has 0 atom stereocenters. The van der Waals surface area contributed by atoms with Crippen LogP contribution >= 0.6 is 11.6 Å². The van der Waals surface area contributed by atoms with Gasteiger partial charge in [0.15, 0.2) is 5.75 Å². The van der Waals surface area contributed by atoms with Crippen LogP contribution in [-0.2, 0) is 17.9 Å². The molecule has 1 aromatic heterocycles. The van der Waals surface area contributed by atoms with Gasteiger partial charge in [-0.2, -0.15) is 8.78 Å². The Morgan fingerprint density at radius 1 is 0.933 bits per heavy atom. The molecule has 10 heteroatoms. The Labute approximate surface area is 266 Å². The van der Waals surface area contributed by atoms with Crippen molar-refractivity contribution in [2.75, 3.05) is 26.2 Å². The molecule has 1 saturated heterocycles. The van der Waals surface area contributed by atoms with Gasteiger partial charge in [0.1, 0.15) is 18.1 Å². The van der Waals surface area contributed by atoms with Crippen LogP contribution in [0.4, 0.5) is 8.78 Å². The minimum Gasteiger partial charge on any atom is -0.487 e. The molecule has 0 bridgehead atoms. The lowest BCUT2D eigenvalue weighted by Crippen LogP contribution is -2.47. The third-order valence-electron chi connectivity index (χ3n) is 7.35. The van der Waals surface area contributed by atoms with E-state index in [0.717, 1.165) is 36.3 Å². The molecule has 0 N–H and O–H groups in total. The highest BCUT2D eigenvalue weighted by atomic mass is 35.5. The zero-order valence-electron chi connectivity index (χ0n) is 25.1. The van der Waals surface area contributed by atoms with Gasteiger partial charge in [-0.1, -0.05) is 53.6 Å². The number of rotatable bonds is 11. The second-order valence-electron chi connectivity index (χ2n) is 10.8. The fourth-order valence-corrected chi connectivity index (χ4v) is 5.20. The highest BCUT2D eigenvalue weighted by Gasteiger charge is 2.20. The maximum absolute atomic E-state index is 12.9. The standard InChI is InChI=1S/C35H34ClF2N3O4/c1-24-3-5-26(6-4-24)22-40-15-17-41(18-16-40)33(42)14-9-28-19-25(2)34(31(36)20-28)45-32-13-12-30(21-39-32)43-23-27-7-10-29(11-8-27)44-35(37)38/h3-14,19-21,35H,15-18,22-23H2,1-2H3. The summed E-state index contributed by atoms with van der Waals surface area (Å²) in [6.07, 6.45) is 4.89. The minimum absolute atomic E-state index is 0.0247. The van der Waals surface area contributed by atoms with Crippen LogP contribution in [-0.4, -0.2) is 53.5 Å². The summed E-state index contributed by atoms with van der Waals surface area (Å²) in [4.78, 5) is 21.4. The van der Waals surface area contributed by atoms with Crippen LogP contribution in [0, 0.1) is 13.8 Å². The number of halogens is 3. The average molecular weight is 634 g/mol. The number of pyridine rings is 1.